The van der Waals surface area contributed by atoms with Gasteiger partial charge in [0.2, 0.25) is 0 Å². The van der Waals surface area contributed by atoms with Crippen molar-refractivity contribution < 1.29 is 19.8 Å². The van der Waals surface area contributed by atoms with Crippen LogP contribution in [-0.2, 0) is 9.59 Å². The number of benzene rings is 3. The fourth-order valence-corrected chi connectivity index (χ4v) is 4.62. The normalized spacial score (nSPS) is 17.1. The number of amides is 1. The van der Waals surface area contributed by atoms with Gasteiger partial charge in [0.15, 0.2) is 0 Å². The molecule has 3 aromatic rings. The Morgan fingerprint density at radius 3 is 2.23 bits per heavy atom. The third-order valence-electron chi connectivity index (χ3n) is 6.08. The van der Waals surface area contributed by atoms with E-state index >= 15 is 0 Å². The first-order valence-corrected chi connectivity index (χ1v) is 11.9. The number of nitrogens with zero attached hydrogens (tertiary/aromatic N) is 2. The van der Waals surface area contributed by atoms with Crippen LogP contribution in [0.25, 0.3) is 5.76 Å². The van der Waals surface area contributed by atoms with Crippen molar-refractivity contribution in [3.05, 3.63) is 93.5 Å². The number of aromatic hydroxyl groups is 1. The van der Waals surface area contributed by atoms with Gasteiger partial charge in [-0.25, -0.2) is 0 Å². The second-order valence-corrected chi connectivity index (χ2v) is 8.90. The van der Waals surface area contributed by atoms with Gasteiger partial charge in [-0.1, -0.05) is 35.3 Å². The first-order chi connectivity index (χ1) is 16.8. The molecule has 0 radical (unpaired) electrons. The Balaban J connectivity index is 1.89. The summed E-state index contributed by atoms with van der Waals surface area (Å²) in [7, 11) is 0. The summed E-state index contributed by atoms with van der Waals surface area (Å²) in [6, 6.07) is 17.1. The largest absolute Gasteiger partial charge is 0.508 e. The summed E-state index contributed by atoms with van der Waals surface area (Å²) in [6.07, 6.45) is 0. The minimum atomic E-state index is -0.962. The van der Waals surface area contributed by atoms with E-state index in [4.69, 9.17) is 23.2 Å². The maximum Gasteiger partial charge on any atom is 0.300 e. The fraction of sp³-hybridized carbons (Fsp3) is 0.185. The Labute approximate surface area is 213 Å². The number of rotatable bonds is 6. The quantitative estimate of drug-likeness (QED) is 0.235. The maximum absolute atomic E-state index is 13.3. The molecule has 35 heavy (non-hydrogen) atoms. The molecule has 0 aromatic heterocycles. The second-order valence-electron chi connectivity index (χ2n) is 8.08. The Bertz CT molecular complexity index is 1320. The third-order valence-corrected chi connectivity index (χ3v) is 6.82. The van der Waals surface area contributed by atoms with E-state index in [1.54, 1.807) is 24.3 Å². The van der Waals surface area contributed by atoms with Crippen LogP contribution in [0.4, 0.5) is 11.4 Å². The minimum Gasteiger partial charge on any atom is -0.508 e. The highest BCUT2D eigenvalue weighted by atomic mass is 35.5. The average Bonchev–Trinajstić information content (AvgIpc) is 3.12. The van der Waals surface area contributed by atoms with Crippen LogP contribution in [0.5, 0.6) is 5.75 Å². The number of carbonyl (C=O) groups is 2. The summed E-state index contributed by atoms with van der Waals surface area (Å²) >= 11 is 12.1. The van der Waals surface area contributed by atoms with E-state index in [0.29, 0.717) is 16.3 Å². The Kier molecular flexibility index (Phi) is 7.05. The summed E-state index contributed by atoms with van der Waals surface area (Å²) in [5.74, 6) is -2.03. The standard InChI is InChI=1S/C27H24Cl2N2O4/c1-3-30(4-2)18-9-11-19(12-10-18)31-24(16-6-5-7-20(32)14-16)23(26(34)27(31)35)25(33)17-8-13-21(28)22(29)15-17/h5-15,24,32-33H,3-4H2,1-2H3/b25-23-. The molecule has 3 aromatic carbocycles. The Morgan fingerprint density at radius 2 is 1.63 bits per heavy atom. The first kappa shape index (κ1) is 24.6. The van der Waals surface area contributed by atoms with Gasteiger partial charge in [0.05, 0.1) is 21.7 Å². The Morgan fingerprint density at radius 1 is 0.943 bits per heavy atom. The second kappa shape index (κ2) is 10.0. The van der Waals surface area contributed by atoms with Crippen LogP contribution in [-0.4, -0.2) is 35.0 Å². The smallest absolute Gasteiger partial charge is 0.300 e. The molecule has 0 saturated carbocycles. The molecule has 1 atom stereocenters. The maximum atomic E-state index is 13.3. The van der Waals surface area contributed by atoms with Gasteiger partial charge in [-0.15, -0.1) is 0 Å². The van der Waals surface area contributed by atoms with E-state index in [9.17, 15) is 19.8 Å². The average molecular weight is 511 g/mol. The molecular formula is C27H24Cl2N2O4. The van der Waals surface area contributed by atoms with Gasteiger partial charge in [-0.05, 0) is 74.0 Å². The molecule has 0 aliphatic carbocycles. The van der Waals surface area contributed by atoms with Crippen LogP contribution in [0.2, 0.25) is 10.0 Å². The van der Waals surface area contributed by atoms with Gasteiger partial charge in [-0.3, -0.25) is 14.5 Å². The molecule has 0 bridgehead atoms. The Hall–Kier alpha value is -3.48. The number of phenols is 1. The van der Waals surface area contributed by atoms with Crippen LogP contribution >= 0.6 is 23.2 Å². The van der Waals surface area contributed by atoms with Crippen molar-refractivity contribution in [2.24, 2.45) is 0 Å². The van der Waals surface area contributed by atoms with Crippen LogP contribution in [0.1, 0.15) is 31.0 Å². The predicted octanol–water partition coefficient (Wildman–Crippen LogP) is 6.17. The number of hydrogen-bond donors (Lipinski definition) is 2. The zero-order valence-electron chi connectivity index (χ0n) is 19.2. The number of carbonyl (C=O) groups excluding carboxylic acids is 2. The molecule has 1 saturated heterocycles. The van der Waals surface area contributed by atoms with E-state index in [1.165, 1.54) is 35.2 Å². The minimum absolute atomic E-state index is 0.0282. The summed E-state index contributed by atoms with van der Waals surface area (Å²) in [5, 5.41) is 21.8. The van der Waals surface area contributed by atoms with Crippen molar-refractivity contribution in [2.45, 2.75) is 19.9 Å². The van der Waals surface area contributed by atoms with Crippen molar-refractivity contribution in [3.63, 3.8) is 0 Å². The van der Waals surface area contributed by atoms with E-state index < -0.39 is 17.7 Å². The van der Waals surface area contributed by atoms with E-state index in [2.05, 4.69) is 18.7 Å². The molecule has 0 spiro atoms. The summed E-state index contributed by atoms with van der Waals surface area (Å²) in [4.78, 5) is 30.0. The number of hydrogen-bond acceptors (Lipinski definition) is 5. The van der Waals surface area contributed by atoms with Gasteiger partial charge in [0.25, 0.3) is 11.7 Å². The fourth-order valence-electron chi connectivity index (χ4n) is 4.32. The zero-order valence-corrected chi connectivity index (χ0v) is 20.7. The molecule has 1 aliphatic heterocycles. The lowest BCUT2D eigenvalue weighted by Crippen LogP contribution is -2.29. The first-order valence-electron chi connectivity index (χ1n) is 11.2. The summed E-state index contributed by atoms with van der Waals surface area (Å²) in [6.45, 7) is 5.77. The molecule has 1 amide bonds. The van der Waals surface area contributed by atoms with Crippen LogP contribution in [0.3, 0.4) is 0 Å². The highest BCUT2D eigenvalue weighted by molar-refractivity contribution is 6.51. The zero-order chi connectivity index (χ0) is 25.3. The molecule has 4 rings (SSSR count). The topological polar surface area (TPSA) is 81.1 Å². The van der Waals surface area contributed by atoms with Gasteiger partial charge in [-0.2, -0.15) is 0 Å². The number of halogens is 2. The molecule has 6 nitrogen and oxygen atoms in total. The lowest BCUT2D eigenvalue weighted by Gasteiger charge is -2.27. The van der Waals surface area contributed by atoms with Gasteiger partial charge in [0, 0.05) is 30.0 Å². The SMILES string of the molecule is CCN(CC)c1ccc(N2C(=O)C(=O)/C(=C(\O)c3ccc(Cl)c(Cl)c3)C2c2cccc(O)c2)cc1. The molecule has 1 aliphatic rings. The number of ketones is 1. The molecule has 180 valence electrons. The predicted molar refractivity (Wildman–Crippen MR) is 139 cm³/mol. The summed E-state index contributed by atoms with van der Waals surface area (Å²) < 4.78 is 0. The lowest BCUT2D eigenvalue weighted by atomic mass is 9.95. The van der Waals surface area contributed by atoms with Crippen molar-refractivity contribution in [2.75, 3.05) is 22.9 Å². The number of Topliss-reactive ketones (excluding diaryl/α,β-unsaturated/α-hetero) is 1. The highest BCUT2D eigenvalue weighted by Gasteiger charge is 2.47. The van der Waals surface area contributed by atoms with E-state index in [0.717, 1.165) is 18.8 Å². The van der Waals surface area contributed by atoms with Crippen molar-refractivity contribution in [1.82, 2.24) is 0 Å². The van der Waals surface area contributed by atoms with Gasteiger partial charge < -0.3 is 15.1 Å². The van der Waals surface area contributed by atoms with E-state index in [-0.39, 0.29) is 27.7 Å². The monoisotopic (exact) mass is 510 g/mol. The number of aliphatic hydroxyl groups is 1. The molecule has 1 fully saturated rings. The van der Waals surface area contributed by atoms with Gasteiger partial charge in [0.1, 0.15) is 11.5 Å². The third kappa shape index (κ3) is 4.59. The van der Waals surface area contributed by atoms with E-state index in [1.807, 2.05) is 12.1 Å². The van der Waals surface area contributed by atoms with Gasteiger partial charge >= 0.3 is 0 Å². The van der Waals surface area contributed by atoms with Crippen molar-refractivity contribution >= 4 is 52.0 Å². The molecule has 1 unspecified atom stereocenters. The molecule has 2 N–H and O–H groups in total. The lowest BCUT2D eigenvalue weighted by molar-refractivity contribution is -0.132. The van der Waals surface area contributed by atoms with Crippen LogP contribution in [0.15, 0.2) is 72.3 Å². The van der Waals surface area contributed by atoms with Crippen LogP contribution < -0.4 is 9.80 Å². The van der Waals surface area contributed by atoms with Crippen molar-refractivity contribution in [1.29, 1.82) is 0 Å². The molecule has 8 heteroatoms. The van der Waals surface area contributed by atoms with Crippen LogP contribution in [0, 0.1) is 0 Å². The summed E-state index contributed by atoms with van der Waals surface area (Å²) in [5.41, 5.74) is 2.09. The molecular weight excluding hydrogens is 487 g/mol. The number of phenolic OH excluding ortho intramolecular Hbond substituents is 1. The number of anilines is 2. The molecule has 1 heterocycles. The highest BCUT2D eigenvalue weighted by Crippen LogP contribution is 2.43. The number of aliphatic hydroxyl groups excluding tert-OH is 1. The van der Waals surface area contributed by atoms with Crippen molar-refractivity contribution in [3.8, 4) is 5.75 Å².